The SMILES string of the molecule is COc1cc(/C(=N/O)c2c[nH]c(-c3ccccc3)n2)cc(OC)c1OC. The zero-order chi connectivity index (χ0) is 18.5. The number of hydrogen-bond acceptors (Lipinski definition) is 6. The lowest BCUT2D eigenvalue weighted by Crippen LogP contribution is -2.06. The fourth-order valence-corrected chi connectivity index (χ4v) is 2.66. The molecule has 0 radical (unpaired) electrons. The van der Waals surface area contributed by atoms with E-state index in [-0.39, 0.29) is 5.71 Å². The normalized spacial score (nSPS) is 11.3. The van der Waals surface area contributed by atoms with E-state index in [1.54, 1.807) is 18.3 Å². The van der Waals surface area contributed by atoms with Crippen molar-refractivity contribution >= 4 is 5.71 Å². The molecule has 1 aromatic heterocycles. The van der Waals surface area contributed by atoms with Gasteiger partial charge in [-0.15, -0.1) is 0 Å². The zero-order valence-electron chi connectivity index (χ0n) is 14.7. The lowest BCUT2D eigenvalue weighted by molar-refractivity contribution is 0.318. The number of imidazole rings is 1. The molecule has 26 heavy (non-hydrogen) atoms. The highest BCUT2D eigenvalue weighted by atomic mass is 16.5. The first-order valence-corrected chi connectivity index (χ1v) is 7.85. The average molecular weight is 353 g/mol. The molecule has 0 bridgehead atoms. The molecule has 2 N–H and O–H groups in total. The van der Waals surface area contributed by atoms with Gasteiger partial charge in [0.15, 0.2) is 11.5 Å². The zero-order valence-corrected chi connectivity index (χ0v) is 14.7. The van der Waals surface area contributed by atoms with E-state index in [1.807, 2.05) is 30.3 Å². The third-order valence-corrected chi connectivity index (χ3v) is 3.91. The van der Waals surface area contributed by atoms with Gasteiger partial charge in [-0.1, -0.05) is 35.5 Å². The lowest BCUT2D eigenvalue weighted by atomic mass is 10.1. The first-order valence-electron chi connectivity index (χ1n) is 7.85. The Morgan fingerprint density at radius 2 is 1.65 bits per heavy atom. The Morgan fingerprint density at radius 1 is 1.00 bits per heavy atom. The molecule has 0 aliphatic carbocycles. The molecule has 0 amide bonds. The second-order valence-corrected chi connectivity index (χ2v) is 5.36. The van der Waals surface area contributed by atoms with Crippen LogP contribution < -0.4 is 14.2 Å². The minimum Gasteiger partial charge on any atom is -0.493 e. The Labute approximate surface area is 150 Å². The van der Waals surface area contributed by atoms with Crippen LogP contribution in [0.3, 0.4) is 0 Å². The summed E-state index contributed by atoms with van der Waals surface area (Å²) in [7, 11) is 4.58. The van der Waals surface area contributed by atoms with Crippen molar-refractivity contribution in [2.45, 2.75) is 0 Å². The minimum absolute atomic E-state index is 0.280. The number of methoxy groups -OCH3 is 3. The Bertz CT molecular complexity index is 895. The van der Waals surface area contributed by atoms with Gasteiger partial charge in [0.25, 0.3) is 0 Å². The summed E-state index contributed by atoms with van der Waals surface area (Å²) in [6.45, 7) is 0. The van der Waals surface area contributed by atoms with Crippen LogP contribution in [0.15, 0.2) is 53.8 Å². The number of hydrogen-bond donors (Lipinski definition) is 2. The van der Waals surface area contributed by atoms with Gasteiger partial charge in [0.05, 0.1) is 21.3 Å². The summed E-state index contributed by atoms with van der Waals surface area (Å²) in [6, 6.07) is 13.1. The summed E-state index contributed by atoms with van der Waals surface area (Å²) < 4.78 is 16.0. The van der Waals surface area contributed by atoms with E-state index in [9.17, 15) is 5.21 Å². The Balaban J connectivity index is 2.04. The molecule has 7 heteroatoms. The molecular formula is C19H19N3O4. The molecule has 7 nitrogen and oxygen atoms in total. The molecule has 3 rings (SSSR count). The van der Waals surface area contributed by atoms with Crippen molar-refractivity contribution in [2.24, 2.45) is 5.16 Å². The molecule has 0 aliphatic rings. The summed E-state index contributed by atoms with van der Waals surface area (Å²) in [4.78, 5) is 7.62. The summed E-state index contributed by atoms with van der Waals surface area (Å²) in [5, 5.41) is 13.0. The number of H-pyrrole nitrogens is 1. The first kappa shape index (κ1) is 17.3. The first-order chi connectivity index (χ1) is 12.7. The van der Waals surface area contributed by atoms with Crippen LogP contribution in [0.5, 0.6) is 17.2 Å². The molecule has 1 heterocycles. The van der Waals surface area contributed by atoms with Gasteiger partial charge in [0, 0.05) is 17.3 Å². The van der Waals surface area contributed by atoms with Crippen molar-refractivity contribution in [1.82, 2.24) is 9.97 Å². The van der Waals surface area contributed by atoms with E-state index in [0.29, 0.717) is 34.3 Å². The standard InChI is InChI=1S/C19H19N3O4/c1-24-15-9-13(10-16(25-2)18(15)26-3)17(22-23)14-11-20-19(21-14)12-7-5-4-6-8-12/h4-11,23H,1-3H3,(H,20,21)/b22-17-. The number of benzene rings is 2. The van der Waals surface area contributed by atoms with Crippen LogP contribution in [0.4, 0.5) is 0 Å². The maximum Gasteiger partial charge on any atom is 0.203 e. The van der Waals surface area contributed by atoms with Gasteiger partial charge in [-0.05, 0) is 12.1 Å². The Kier molecular flexibility index (Phi) is 5.07. The predicted molar refractivity (Wildman–Crippen MR) is 97.5 cm³/mol. The van der Waals surface area contributed by atoms with Crippen molar-refractivity contribution in [1.29, 1.82) is 0 Å². The monoisotopic (exact) mass is 353 g/mol. The summed E-state index contributed by atoms with van der Waals surface area (Å²) in [5.41, 5.74) is 2.28. The maximum atomic E-state index is 9.59. The molecule has 0 spiro atoms. The van der Waals surface area contributed by atoms with Gasteiger partial charge in [0.1, 0.15) is 17.2 Å². The van der Waals surface area contributed by atoms with Gasteiger partial charge in [0.2, 0.25) is 5.75 Å². The molecular weight excluding hydrogens is 334 g/mol. The third-order valence-electron chi connectivity index (χ3n) is 3.91. The highest BCUT2D eigenvalue weighted by Crippen LogP contribution is 2.38. The molecule has 0 aliphatic heterocycles. The van der Waals surface area contributed by atoms with Crippen LogP contribution in [0.2, 0.25) is 0 Å². The number of aromatic amines is 1. The van der Waals surface area contributed by atoms with E-state index in [0.717, 1.165) is 5.56 Å². The van der Waals surface area contributed by atoms with Crippen LogP contribution >= 0.6 is 0 Å². The number of ether oxygens (including phenoxy) is 3. The van der Waals surface area contributed by atoms with Crippen LogP contribution in [0.25, 0.3) is 11.4 Å². The summed E-state index contributed by atoms with van der Waals surface area (Å²) in [5.74, 6) is 2.06. The molecule has 0 atom stereocenters. The molecule has 0 saturated heterocycles. The number of nitrogens with one attached hydrogen (secondary N) is 1. The lowest BCUT2D eigenvalue weighted by Gasteiger charge is -2.14. The molecule has 3 aromatic rings. The van der Waals surface area contributed by atoms with E-state index in [1.165, 1.54) is 21.3 Å². The average Bonchev–Trinajstić information content (AvgIpc) is 3.18. The summed E-state index contributed by atoms with van der Waals surface area (Å²) >= 11 is 0. The van der Waals surface area contributed by atoms with Crippen molar-refractivity contribution in [3.8, 4) is 28.6 Å². The largest absolute Gasteiger partial charge is 0.493 e. The molecule has 134 valence electrons. The van der Waals surface area contributed by atoms with Gasteiger partial charge in [-0.2, -0.15) is 0 Å². The van der Waals surface area contributed by atoms with E-state index < -0.39 is 0 Å². The highest BCUT2D eigenvalue weighted by molar-refractivity contribution is 6.12. The maximum absolute atomic E-state index is 9.59. The van der Waals surface area contributed by atoms with Crippen molar-refractivity contribution < 1.29 is 19.4 Å². The van der Waals surface area contributed by atoms with Gasteiger partial charge in [-0.3, -0.25) is 0 Å². The minimum atomic E-state index is 0.280. The van der Waals surface area contributed by atoms with Crippen molar-refractivity contribution in [3.63, 3.8) is 0 Å². The van der Waals surface area contributed by atoms with Crippen LogP contribution in [0.1, 0.15) is 11.3 Å². The van der Waals surface area contributed by atoms with Crippen LogP contribution in [-0.2, 0) is 0 Å². The number of oxime groups is 1. The highest BCUT2D eigenvalue weighted by Gasteiger charge is 2.19. The number of nitrogens with zero attached hydrogens (tertiary/aromatic N) is 2. The second-order valence-electron chi connectivity index (χ2n) is 5.36. The Hall–Kier alpha value is -3.48. The topological polar surface area (TPSA) is 89.0 Å². The quantitative estimate of drug-likeness (QED) is 0.403. The van der Waals surface area contributed by atoms with Crippen LogP contribution in [-0.4, -0.2) is 42.2 Å². The Morgan fingerprint density at radius 3 is 2.19 bits per heavy atom. The van der Waals surface area contributed by atoms with E-state index in [2.05, 4.69) is 15.1 Å². The fraction of sp³-hybridized carbons (Fsp3) is 0.158. The van der Waals surface area contributed by atoms with E-state index in [4.69, 9.17) is 14.2 Å². The van der Waals surface area contributed by atoms with E-state index >= 15 is 0 Å². The molecule has 0 saturated carbocycles. The second kappa shape index (κ2) is 7.60. The number of aromatic nitrogens is 2. The van der Waals surface area contributed by atoms with Crippen molar-refractivity contribution in [3.05, 3.63) is 59.9 Å². The molecule has 0 fully saturated rings. The van der Waals surface area contributed by atoms with Gasteiger partial charge < -0.3 is 24.4 Å². The summed E-state index contributed by atoms with van der Waals surface area (Å²) in [6.07, 6.45) is 1.68. The van der Waals surface area contributed by atoms with Gasteiger partial charge >= 0.3 is 0 Å². The fourth-order valence-electron chi connectivity index (χ4n) is 2.66. The third kappa shape index (κ3) is 3.19. The van der Waals surface area contributed by atoms with Crippen LogP contribution in [0, 0.1) is 0 Å². The smallest absolute Gasteiger partial charge is 0.203 e. The molecule has 0 unspecified atom stereocenters. The number of rotatable bonds is 6. The van der Waals surface area contributed by atoms with Gasteiger partial charge in [-0.25, -0.2) is 4.98 Å². The molecule has 2 aromatic carbocycles. The predicted octanol–water partition coefficient (Wildman–Crippen LogP) is 3.33. The van der Waals surface area contributed by atoms with Crippen molar-refractivity contribution in [2.75, 3.05) is 21.3 Å².